The average Bonchev–Trinajstić information content (AvgIpc) is 2.29. The van der Waals surface area contributed by atoms with Crippen molar-refractivity contribution in [2.75, 3.05) is 12.8 Å². The van der Waals surface area contributed by atoms with Crippen LogP contribution in [0.4, 0.5) is 5.69 Å². The Morgan fingerprint density at radius 1 is 1.28 bits per heavy atom. The van der Waals surface area contributed by atoms with E-state index in [9.17, 15) is 0 Å². The van der Waals surface area contributed by atoms with Gasteiger partial charge in [-0.25, -0.2) is 0 Å². The first-order chi connectivity index (χ1) is 8.44. The van der Waals surface area contributed by atoms with E-state index in [4.69, 9.17) is 10.5 Å². The maximum Gasteiger partial charge on any atom is 0.142 e. The van der Waals surface area contributed by atoms with E-state index in [0.29, 0.717) is 0 Å². The van der Waals surface area contributed by atoms with Crippen molar-refractivity contribution in [1.29, 1.82) is 0 Å². The maximum absolute atomic E-state index is 6.02. The fraction of sp³-hybridized carbons (Fsp3) is 0.467. The van der Waals surface area contributed by atoms with E-state index in [-0.39, 0.29) is 0 Å². The van der Waals surface area contributed by atoms with E-state index in [1.807, 2.05) is 12.1 Å². The third kappa shape index (κ3) is 4.85. The topological polar surface area (TPSA) is 35.2 Å². The molecule has 0 aliphatic heterocycles. The first-order valence-corrected chi connectivity index (χ1v) is 9.85. The fourth-order valence-electron chi connectivity index (χ4n) is 1.68. The van der Waals surface area contributed by atoms with Crippen LogP contribution in [-0.4, -0.2) is 15.2 Å². The van der Waals surface area contributed by atoms with Gasteiger partial charge >= 0.3 is 0 Å². The highest BCUT2D eigenvalue weighted by Gasteiger charge is 2.07. The summed E-state index contributed by atoms with van der Waals surface area (Å²) < 4.78 is 5.21. The summed E-state index contributed by atoms with van der Waals surface area (Å²) >= 11 is 0. The monoisotopic (exact) mass is 261 g/mol. The van der Waals surface area contributed by atoms with Gasteiger partial charge in [0.1, 0.15) is 13.8 Å². The molecule has 0 amide bonds. The molecule has 0 unspecified atom stereocenters. The van der Waals surface area contributed by atoms with Crippen molar-refractivity contribution in [2.24, 2.45) is 0 Å². The highest BCUT2D eigenvalue weighted by atomic mass is 28.3. The lowest BCUT2D eigenvalue weighted by atomic mass is 10.1. The molecule has 0 bridgehead atoms. The zero-order valence-electron chi connectivity index (χ0n) is 11.8. The predicted molar refractivity (Wildman–Crippen MR) is 81.5 cm³/mol. The van der Waals surface area contributed by atoms with Crippen LogP contribution in [0.15, 0.2) is 18.2 Å². The molecule has 0 saturated heterocycles. The third-order valence-electron chi connectivity index (χ3n) is 2.59. The van der Waals surface area contributed by atoms with E-state index >= 15 is 0 Å². The molecule has 1 aromatic rings. The van der Waals surface area contributed by atoms with E-state index in [1.165, 1.54) is 0 Å². The number of nitrogen functional groups attached to an aromatic ring is 1. The summed E-state index contributed by atoms with van der Waals surface area (Å²) in [5, 5.41) is 0. The number of methoxy groups -OCH3 is 1. The Hall–Kier alpha value is -1.40. The summed E-state index contributed by atoms with van der Waals surface area (Å²) in [4.78, 5) is 0. The lowest BCUT2D eigenvalue weighted by Gasteiger charge is -2.09. The number of nitrogens with two attached hydrogens (primary N) is 1. The van der Waals surface area contributed by atoms with Crippen LogP contribution in [0.1, 0.15) is 18.4 Å². The molecule has 0 atom stereocenters. The Labute approximate surface area is 112 Å². The zero-order valence-corrected chi connectivity index (χ0v) is 12.8. The predicted octanol–water partition coefficient (Wildman–Crippen LogP) is 3.48. The van der Waals surface area contributed by atoms with Crippen molar-refractivity contribution in [3.05, 3.63) is 23.8 Å². The molecule has 0 radical (unpaired) electrons. The van der Waals surface area contributed by atoms with Gasteiger partial charge in [-0.3, -0.25) is 0 Å². The minimum Gasteiger partial charge on any atom is -0.495 e. The molecule has 3 heteroatoms. The minimum atomic E-state index is -1.22. The Morgan fingerprint density at radius 2 is 2.00 bits per heavy atom. The van der Waals surface area contributed by atoms with Gasteiger partial charge in [0, 0.05) is 6.42 Å². The Bertz CT molecular complexity index is 452. The summed E-state index contributed by atoms with van der Waals surface area (Å²) in [6, 6.07) is 5.94. The summed E-state index contributed by atoms with van der Waals surface area (Å²) in [6.45, 7) is 6.79. The van der Waals surface area contributed by atoms with E-state index < -0.39 is 8.07 Å². The summed E-state index contributed by atoms with van der Waals surface area (Å²) in [5.41, 5.74) is 11.3. The van der Waals surface area contributed by atoms with Crippen LogP contribution in [-0.2, 0) is 6.42 Å². The van der Waals surface area contributed by atoms with Gasteiger partial charge in [-0.05, 0) is 24.5 Å². The van der Waals surface area contributed by atoms with Crippen LogP contribution in [0.25, 0.3) is 0 Å². The van der Waals surface area contributed by atoms with E-state index in [0.717, 1.165) is 36.3 Å². The van der Waals surface area contributed by atoms with Gasteiger partial charge in [0.2, 0.25) is 0 Å². The first kappa shape index (κ1) is 14.7. The Balaban J connectivity index is 2.52. The van der Waals surface area contributed by atoms with Gasteiger partial charge in [-0.2, -0.15) is 0 Å². The molecule has 98 valence electrons. The summed E-state index contributed by atoms with van der Waals surface area (Å²) in [6.07, 6.45) is 2.96. The largest absolute Gasteiger partial charge is 0.495 e. The summed E-state index contributed by atoms with van der Waals surface area (Å²) in [5.74, 6) is 4.05. The Kier molecular flexibility index (Phi) is 5.30. The highest BCUT2D eigenvalue weighted by molar-refractivity contribution is 6.83. The van der Waals surface area contributed by atoms with E-state index in [1.54, 1.807) is 7.11 Å². The van der Waals surface area contributed by atoms with Crippen LogP contribution >= 0.6 is 0 Å². The number of benzene rings is 1. The van der Waals surface area contributed by atoms with Gasteiger partial charge in [0.05, 0.1) is 12.8 Å². The van der Waals surface area contributed by atoms with Crippen LogP contribution in [0.2, 0.25) is 19.6 Å². The molecule has 2 nitrogen and oxygen atoms in total. The van der Waals surface area contributed by atoms with Crippen LogP contribution in [0.5, 0.6) is 5.75 Å². The lowest BCUT2D eigenvalue weighted by Crippen LogP contribution is -2.16. The lowest BCUT2D eigenvalue weighted by molar-refractivity contribution is 0.416. The number of hydrogen-bond donors (Lipinski definition) is 1. The smallest absolute Gasteiger partial charge is 0.142 e. The van der Waals surface area contributed by atoms with E-state index in [2.05, 4.69) is 37.2 Å². The van der Waals surface area contributed by atoms with Crippen molar-refractivity contribution in [3.8, 4) is 17.2 Å². The molecule has 0 heterocycles. The Morgan fingerprint density at radius 3 is 2.61 bits per heavy atom. The number of ether oxygens (including phenoxy) is 1. The molecular formula is C15H23NOSi. The molecule has 1 rings (SSSR count). The number of aryl methyl sites for hydroxylation is 1. The summed E-state index contributed by atoms with van der Waals surface area (Å²) in [7, 11) is 0.430. The number of unbranched alkanes of at least 4 members (excludes halogenated alkanes) is 1. The number of hydrogen-bond acceptors (Lipinski definition) is 2. The third-order valence-corrected chi connectivity index (χ3v) is 3.51. The van der Waals surface area contributed by atoms with Crippen LogP contribution < -0.4 is 10.5 Å². The molecular weight excluding hydrogens is 238 g/mol. The second kappa shape index (κ2) is 6.51. The second-order valence-corrected chi connectivity index (χ2v) is 10.2. The highest BCUT2D eigenvalue weighted by Crippen LogP contribution is 2.25. The van der Waals surface area contributed by atoms with Crippen molar-refractivity contribution < 1.29 is 4.74 Å². The molecule has 0 aliphatic carbocycles. The zero-order chi connectivity index (χ0) is 13.6. The average molecular weight is 261 g/mol. The molecule has 2 N–H and O–H groups in total. The number of anilines is 1. The molecule has 0 aromatic heterocycles. The molecule has 0 spiro atoms. The molecule has 0 fully saturated rings. The van der Waals surface area contributed by atoms with Gasteiger partial charge in [0.25, 0.3) is 0 Å². The number of rotatable bonds is 4. The van der Waals surface area contributed by atoms with Crippen molar-refractivity contribution >= 4 is 13.8 Å². The van der Waals surface area contributed by atoms with Gasteiger partial charge in [0.15, 0.2) is 0 Å². The first-order valence-electron chi connectivity index (χ1n) is 6.35. The molecule has 0 saturated carbocycles. The van der Waals surface area contributed by atoms with Crippen LogP contribution in [0.3, 0.4) is 0 Å². The fourth-order valence-corrected chi connectivity index (χ4v) is 2.34. The molecule has 18 heavy (non-hydrogen) atoms. The molecule has 1 aromatic carbocycles. The van der Waals surface area contributed by atoms with Gasteiger partial charge in [-0.1, -0.05) is 31.8 Å². The number of para-hydroxylation sites is 1. The van der Waals surface area contributed by atoms with Gasteiger partial charge < -0.3 is 10.5 Å². The van der Waals surface area contributed by atoms with Crippen LogP contribution in [0, 0.1) is 11.5 Å². The van der Waals surface area contributed by atoms with Gasteiger partial charge in [-0.15, -0.1) is 11.5 Å². The van der Waals surface area contributed by atoms with Crippen molar-refractivity contribution in [3.63, 3.8) is 0 Å². The quantitative estimate of drug-likeness (QED) is 0.390. The van der Waals surface area contributed by atoms with Crippen molar-refractivity contribution in [1.82, 2.24) is 0 Å². The SMILES string of the molecule is COc1cccc(CCCC#C[Si](C)(C)C)c1N. The normalized spacial score (nSPS) is 10.7. The molecule has 0 aliphatic rings. The maximum atomic E-state index is 6.02. The standard InChI is InChI=1S/C15H23NOSi/c1-17-14-11-8-10-13(15(14)16)9-6-5-7-12-18(2,3)4/h8,10-11H,5-6,9,16H2,1-4H3. The minimum absolute atomic E-state index is 0.762. The second-order valence-electron chi connectivity index (χ2n) is 5.44. The van der Waals surface area contributed by atoms with Crippen molar-refractivity contribution in [2.45, 2.75) is 38.9 Å².